The van der Waals surface area contributed by atoms with Gasteiger partial charge in [-0.3, -0.25) is 4.98 Å². The zero-order valence-corrected chi connectivity index (χ0v) is 9.23. The fraction of sp³-hybridized carbons (Fsp3) is 0.545. The minimum Gasteiger partial charge on any atom is -0.386 e. The molecule has 0 fully saturated rings. The van der Waals surface area contributed by atoms with Gasteiger partial charge in [-0.15, -0.1) is 0 Å². The molecule has 0 bridgehead atoms. The average molecular weight is 194 g/mol. The summed E-state index contributed by atoms with van der Waals surface area (Å²) in [7, 11) is 3.92. The van der Waals surface area contributed by atoms with Crippen molar-refractivity contribution >= 4 is 0 Å². The van der Waals surface area contributed by atoms with Crippen molar-refractivity contribution in [3.05, 3.63) is 30.1 Å². The molecule has 1 aromatic rings. The number of aliphatic hydroxyl groups is 1. The quantitative estimate of drug-likeness (QED) is 0.791. The molecule has 1 rings (SSSR count). The zero-order chi connectivity index (χ0) is 10.8. The van der Waals surface area contributed by atoms with E-state index in [1.165, 1.54) is 0 Å². The van der Waals surface area contributed by atoms with Gasteiger partial charge in [0, 0.05) is 23.5 Å². The first-order valence-electron chi connectivity index (χ1n) is 4.71. The van der Waals surface area contributed by atoms with Gasteiger partial charge in [-0.05, 0) is 34.0 Å². The van der Waals surface area contributed by atoms with Gasteiger partial charge in [0.15, 0.2) is 0 Å². The molecule has 0 aliphatic heterocycles. The standard InChI is InChI=1S/C11H18N2O/c1-11(2,13(3)4)10(14)9-6-5-7-12-8-9/h5-8,10,14H,1-4H3. The normalized spacial score (nSPS) is 14.4. The van der Waals surface area contributed by atoms with Gasteiger partial charge >= 0.3 is 0 Å². The van der Waals surface area contributed by atoms with Crippen molar-refractivity contribution in [1.29, 1.82) is 0 Å². The molecule has 0 radical (unpaired) electrons. The molecule has 1 atom stereocenters. The number of hydrogen-bond donors (Lipinski definition) is 1. The van der Waals surface area contributed by atoms with Gasteiger partial charge in [0.25, 0.3) is 0 Å². The molecule has 0 spiro atoms. The van der Waals surface area contributed by atoms with Gasteiger partial charge in [0.1, 0.15) is 0 Å². The van der Waals surface area contributed by atoms with Crippen molar-refractivity contribution in [1.82, 2.24) is 9.88 Å². The Morgan fingerprint density at radius 2 is 2.07 bits per heavy atom. The summed E-state index contributed by atoms with van der Waals surface area (Å²) < 4.78 is 0. The third kappa shape index (κ3) is 2.11. The lowest BCUT2D eigenvalue weighted by molar-refractivity contribution is 0.0162. The highest BCUT2D eigenvalue weighted by Crippen LogP contribution is 2.28. The van der Waals surface area contributed by atoms with E-state index in [0.29, 0.717) is 0 Å². The highest BCUT2D eigenvalue weighted by atomic mass is 16.3. The van der Waals surface area contributed by atoms with Gasteiger partial charge in [-0.2, -0.15) is 0 Å². The summed E-state index contributed by atoms with van der Waals surface area (Å²) in [6, 6.07) is 3.73. The fourth-order valence-electron chi connectivity index (χ4n) is 1.19. The Bertz CT molecular complexity index is 283. The number of aromatic nitrogens is 1. The predicted octanol–water partition coefficient (Wildman–Crippen LogP) is 1.46. The smallest absolute Gasteiger partial charge is 0.0982 e. The lowest BCUT2D eigenvalue weighted by Crippen LogP contribution is -2.43. The zero-order valence-electron chi connectivity index (χ0n) is 9.23. The second-order valence-electron chi connectivity index (χ2n) is 4.24. The molecule has 3 nitrogen and oxygen atoms in total. The Kier molecular flexibility index (Phi) is 3.24. The molecule has 0 aliphatic rings. The van der Waals surface area contributed by atoms with Crippen LogP contribution < -0.4 is 0 Å². The number of nitrogens with zero attached hydrogens (tertiary/aromatic N) is 2. The summed E-state index contributed by atoms with van der Waals surface area (Å²) >= 11 is 0. The molecular weight excluding hydrogens is 176 g/mol. The number of pyridine rings is 1. The van der Waals surface area contributed by atoms with Gasteiger partial charge in [-0.1, -0.05) is 6.07 Å². The van der Waals surface area contributed by atoms with E-state index in [1.807, 2.05) is 45.0 Å². The number of likely N-dealkylation sites (N-methyl/N-ethyl adjacent to an activating group) is 1. The van der Waals surface area contributed by atoms with Gasteiger partial charge in [0.2, 0.25) is 0 Å². The highest BCUT2D eigenvalue weighted by molar-refractivity contribution is 5.16. The second kappa shape index (κ2) is 4.07. The van der Waals surface area contributed by atoms with Crippen molar-refractivity contribution in [2.75, 3.05) is 14.1 Å². The first-order chi connectivity index (χ1) is 6.46. The Balaban J connectivity index is 2.90. The molecule has 1 N–H and O–H groups in total. The largest absolute Gasteiger partial charge is 0.386 e. The van der Waals surface area contributed by atoms with Crippen LogP contribution in [0.1, 0.15) is 25.5 Å². The molecule has 1 aromatic heterocycles. The van der Waals surface area contributed by atoms with E-state index >= 15 is 0 Å². The molecule has 1 heterocycles. The maximum Gasteiger partial charge on any atom is 0.0982 e. The van der Waals surface area contributed by atoms with E-state index < -0.39 is 6.10 Å². The van der Waals surface area contributed by atoms with Crippen LogP contribution in [0.2, 0.25) is 0 Å². The predicted molar refractivity (Wildman–Crippen MR) is 57.0 cm³/mol. The summed E-state index contributed by atoms with van der Waals surface area (Å²) in [5.41, 5.74) is 0.564. The molecule has 1 unspecified atom stereocenters. The average Bonchev–Trinajstić information content (AvgIpc) is 2.17. The maximum absolute atomic E-state index is 10.1. The topological polar surface area (TPSA) is 36.4 Å². The first-order valence-corrected chi connectivity index (χ1v) is 4.71. The van der Waals surface area contributed by atoms with Crippen LogP contribution in [0, 0.1) is 0 Å². The van der Waals surface area contributed by atoms with E-state index in [9.17, 15) is 5.11 Å². The Hall–Kier alpha value is -0.930. The Labute approximate surface area is 85.4 Å². The summed E-state index contributed by atoms with van der Waals surface area (Å²) in [6.45, 7) is 4.01. The molecule has 0 amide bonds. The number of hydrogen-bond acceptors (Lipinski definition) is 3. The van der Waals surface area contributed by atoms with Crippen LogP contribution in [0.4, 0.5) is 0 Å². The molecule has 0 aromatic carbocycles. The summed E-state index contributed by atoms with van der Waals surface area (Å²) in [4.78, 5) is 6.00. The van der Waals surface area contributed by atoms with Gasteiger partial charge < -0.3 is 10.0 Å². The molecule has 0 saturated heterocycles. The van der Waals surface area contributed by atoms with E-state index in [-0.39, 0.29) is 5.54 Å². The Morgan fingerprint density at radius 1 is 1.43 bits per heavy atom. The van der Waals surface area contributed by atoms with Crippen molar-refractivity contribution < 1.29 is 5.11 Å². The third-order valence-electron chi connectivity index (χ3n) is 2.82. The van der Waals surface area contributed by atoms with Crippen molar-refractivity contribution in [3.8, 4) is 0 Å². The monoisotopic (exact) mass is 194 g/mol. The summed E-state index contributed by atoms with van der Waals surface area (Å²) in [5, 5.41) is 10.1. The minimum absolute atomic E-state index is 0.289. The van der Waals surface area contributed by atoms with E-state index in [1.54, 1.807) is 12.4 Å². The van der Waals surface area contributed by atoms with Gasteiger partial charge in [-0.25, -0.2) is 0 Å². The molecule has 3 heteroatoms. The van der Waals surface area contributed by atoms with Crippen LogP contribution in [0.25, 0.3) is 0 Å². The summed E-state index contributed by atoms with van der Waals surface area (Å²) in [5.74, 6) is 0. The lowest BCUT2D eigenvalue weighted by Gasteiger charge is -2.37. The van der Waals surface area contributed by atoms with Crippen LogP contribution in [-0.4, -0.2) is 34.6 Å². The number of aliphatic hydroxyl groups excluding tert-OH is 1. The number of rotatable bonds is 3. The van der Waals surface area contributed by atoms with Crippen molar-refractivity contribution in [2.45, 2.75) is 25.5 Å². The minimum atomic E-state index is -0.522. The van der Waals surface area contributed by atoms with Crippen molar-refractivity contribution in [3.63, 3.8) is 0 Å². The maximum atomic E-state index is 10.1. The fourth-order valence-corrected chi connectivity index (χ4v) is 1.19. The van der Waals surface area contributed by atoms with E-state index in [4.69, 9.17) is 0 Å². The molecule has 0 aliphatic carbocycles. The SMILES string of the molecule is CN(C)C(C)(C)C(O)c1cccnc1. The second-order valence-corrected chi connectivity index (χ2v) is 4.24. The highest BCUT2D eigenvalue weighted by Gasteiger charge is 2.31. The molecule has 0 saturated carbocycles. The van der Waals surface area contributed by atoms with Crippen LogP contribution in [0.15, 0.2) is 24.5 Å². The van der Waals surface area contributed by atoms with E-state index in [0.717, 1.165) is 5.56 Å². The first kappa shape index (κ1) is 11.1. The summed E-state index contributed by atoms with van der Waals surface area (Å²) in [6.07, 6.45) is 2.89. The van der Waals surface area contributed by atoms with Crippen LogP contribution in [-0.2, 0) is 0 Å². The Morgan fingerprint density at radius 3 is 2.50 bits per heavy atom. The lowest BCUT2D eigenvalue weighted by atomic mass is 9.91. The van der Waals surface area contributed by atoms with Crippen LogP contribution in [0.5, 0.6) is 0 Å². The molecular formula is C11H18N2O. The third-order valence-corrected chi connectivity index (χ3v) is 2.82. The van der Waals surface area contributed by atoms with Crippen LogP contribution in [0.3, 0.4) is 0 Å². The van der Waals surface area contributed by atoms with E-state index in [2.05, 4.69) is 4.98 Å². The molecule has 14 heavy (non-hydrogen) atoms. The van der Waals surface area contributed by atoms with Crippen LogP contribution >= 0.6 is 0 Å². The van der Waals surface area contributed by atoms with Gasteiger partial charge in [0.05, 0.1) is 6.10 Å². The van der Waals surface area contributed by atoms with Crippen molar-refractivity contribution in [2.24, 2.45) is 0 Å². The molecule has 78 valence electrons.